The van der Waals surface area contributed by atoms with Crippen LogP contribution in [0.4, 0.5) is 28.4 Å². The molecule has 2 aliphatic rings. The van der Waals surface area contributed by atoms with Crippen LogP contribution in [0.15, 0.2) is 113 Å². The summed E-state index contributed by atoms with van der Waals surface area (Å²) < 4.78 is 139. The number of sulfone groups is 1. The fraction of sp³-hybridized carbons (Fsp3) is 0.0286. The Morgan fingerprint density at radius 2 is 1.16 bits per heavy atom. The molecule has 23 heteroatoms. The van der Waals surface area contributed by atoms with Gasteiger partial charge in [-0.1, -0.05) is 53.0 Å². The summed E-state index contributed by atoms with van der Waals surface area (Å²) in [6.45, 7) is 1.81. The molecule has 0 radical (unpaired) electrons. The van der Waals surface area contributed by atoms with E-state index in [9.17, 15) is 42.8 Å². The first kappa shape index (κ1) is 39.3. The van der Waals surface area contributed by atoms with E-state index in [1.54, 1.807) is 12.1 Å². The Bertz CT molecular complexity index is 3460. The molecule has 0 atom stereocenters. The van der Waals surface area contributed by atoms with Crippen molar-refractivity contribution in [2.75, 3.05) is 16.2 Å². The lowest BCUT2D eigenvalue weighted by molar-refractivity contribution is 0.428. The highest BCUT2D eigenvalue weighted by Crippen LogP contribution is 2.50. The number of hydrogen-bond donors (Lipinski definition) is 5. The molecule has 2 aliphatic heterocycles. The van der Waals surface area contributed by atoms with E-state index < -0.39 is 93.5 Å². The predicted octanol–water partition coefficient (Wildman–Crippen LogP) is 5.86. The molecule has 8 rings (SSSR count). The SMILES string of the molecule is Cc1ccc(S(=O)(=O)Nc2ccc3cc(S(=O)(=O)c4cc5c(c(S(=O)(=O)O)c4N)Oc4c(Cl)c6c(c(Cl)c4=N5)Oc4c(ccc(N)c4S(=O)(=O)O)N=6)ccc3c2)cc1. The van der Waals surface area contributed by atoms with Crippen molar-refractivity contribution in [3.8, 4) is 23.0 Å². The van der Waals surface area contributed by atoms with E-state index in [4.69, 9.17) is 44.1 Å². The van der Waals surface area contributed by atoms with Crippen LogP contribution in [0.5, 0.6) is 23.0 Å². The van der Waals surface area contributed by atoms with Crippen LogP contribution in [0, 0.1) is 6.92 Å². The Balaban J connectivity index is 1.24. The average Bonchev–Trinajstić information content (AvgIpc) is 3.14. The summed E-state index contributed by atoms with van der Waals surface area (Å²) in [5.41, 5.74) is 11.1. The van der Waals surface area contributed by atoms with Crippen molar-refractivity contribution in [3.63, 3.8) is 0 Å². The molecule has 2 heterocycles. The van der Waals surface area contributed by atoms with Crippen LogP contribution in [-0.4, -0.2) is 42.8 Å². The zero-order chi connectivity index (χ0) is 41.9. The minimum Gasteiger partial charge on any atom is -0.450 e. The number of nitrogen functional groups attached to an aromatic ring is 2. The second-order valence-electron chi connectivity index (χ2n) is 12.8. The number of sulfonamides is 1. The molecule has 0 amide bonds. The highest BCUT2D eigenvalue weighted by molar-refractivity contribution is 7.92. The number of rotatable bonds is 7. The monoisotopic (exact) mass is 903 g/mol. The van der Waals surface area contributed by atoms with Crippen LogP contribution in [-0.2, 0) is 40.1 Å². The van der Waals surface area contributed by atoms with E-state index >= 15 is 0 Å². The number of ether oxygens (including phenoxy) is 2. The van der Waals surface area contributed by atoms with Gasteiger partial charge in [-0.25, -0.2) is 26.8 Å². The summed E-state index contributed by atoms with van der Waals surface area (Å²) in [4.78, 5) is 5.45. The third-order valence-electron chi connectivity index (χ3n) is 8.97. The number of anilines is 3. The van der Waals surface area contributed by atoms with Crippen LogP contribution in [0.2, 0.25) is 10.0 Å². The van der Waals surface area contributed by atoms with Crippen molar-refractivity contribution in [1.29, 1.82) is 0 Å². The molecule has 0 fully saturated rings. The van der Waals surface area contributed by atoms with E-state index in [1.165, 1.54) is 54.6 Å². The van der Waals surface area contributed by atoms with Gasteiger partial charge < -0.3 is 20.9 Å². The minimum atomic E-state index is -5.37. The minimum absolute atomic E-state index is 0.0337. The molecule has 6 aromatic carbocycles. The summed E-state index contributed by atoms with van der Waals surface area (Å²) >= 11 is 13.3. The van der Waals surface area contributed by atoms with Gasteiger partial charge in [-0.15, -0.1) is 0 Å². The van der Waals surface area contributed by atoms with Gasteiger partial charge in [0.25, 0.3) is 30.3 Å². The number of halogens is 2. The molecule has 0 spiro atoms. The van der Waals surface area contributed by atoms with Gasteiger partial charge >= 0.3 is 0 Å². The standard InChI is InChI=1S/C35H23Cl2N5O12S4/c1-15-2-7-19(8-3-15)56(45,46)42-18-6-4-17-13-20(9-5-16(17)12-18)55(43,44)24-14-23-31(35(27(24)39)58(50,51)52)54-33-25(36)28-32(26(37)29(33)41-23)53-30-22(40-28)11-10-21(38)34(30)57(47,48)49/h2-14,42H,38-39H2,1H3,(H,47,48,49)(H,50,51,52). The van der Waals surface area contributed by atoms with Gasteiger partial charge in [0, 0.05) is 5.69 Å². The lowest BCUT2D eigenvalue weighted by atomic mass is 10.1. The van der Waals surface area contributed by atoms with E-state index in [1.807, 2.05) is 6.92 Å². The molecule has 0 unspecified atom stereocenters. The first-order valence-electron chi connectivity index (χ1n) is 16.1. The molecule has 0 saturated carbocycles. The fourth-order valence-electron chi connectivity index (χ4n) is 6.26. The largest absolute Gasteiger partial charge is 0.450 e. The second-order valence-corrected chi connectivity index (χ2v) is 19.9. The summed E-state index contributed by atoms with van der Waals surface area (Å²) in [5.74, 6) is -2.03. The van der Waals surface area contributed by atoms with Crippen molar-refractivity contribution in [1.82, 2.24) is 0 Å². The molecule has 7 N–H and O–H groups in total. The number of nitrogens with two attached hydrogens (primary N) is 2. The van der Waals surface area contributed by atoms with Crippen LogP contribution >= 0.6 is 23.2 Å². The van der Waals surface area contributed by atoms with Gasteiger partial charge in [-0.05, 0) is 72.3 Å². The number of nitrogens with one attached hydrogen (secondary N) is 1. The van der Waals surface area contributed by atoms with Gasteiger partial charge in [0.1, 0.15) is 32.1 Å². The predicted molar refractivity (Wildman–Crippen MR) is 211 cm³/mol. The lowest BCUT2D eigenvalue weighted by Crippen LogP contribution is -2.24. The molecule has 58 heavy (non-hydrogen) atoms. The Morgan fingerprint density at radius 1 is 0.621 bits per heavy atom. The maximum absolute atomic E-state index is 14.2. The first-order chi connectivity index (χ1) is 27.1. The van der Waals surface area contributed by atoms with E-state index in [0.29, 0.717) is 10.8 Å². The maximum Gasteiger partial charge on any atom is 0.300 e. The molecule has 6 aromatic rings. The molecule has 17 nitrogen and oxygen atoms in total. The Labute approximate surface area is 338 Å². The maximum atomic E-state index is 14.2. The zero-order valence-electron chi connectivity index (χ0n) is 28.9. The molecular formula is C35H23Cl2N5O12S4. The quantitative estimate of drug-likeness (QED) is 0.0925. The van der Waals surface area contributed by atoms with Crippen LogP contribution in [0.1, 0.15) is 5.56 Å². The third-order valence-corrected chi connectivity index (χ3v) is 14.7. The highest BCUT2D eigenvalue weighted by Gasteiger charge is 2.37. The van der Waals surface area contributed by atoms with Crippen LogP contribution < -0.4 is 36.4 Å². The molecule has 298 valence electrons. The van der Waals surface area contributed by atoms with E-state index in [2.05, 4.69) is 14.7 Å². The Morgan fingerprint density at radius 3 is 1.76 bits per heavy atom. The van der Waals surface area contributed by atoms with Gasteiger partial charge in [0.15, 0.2) is 32.8 Å². The van der Waals surface area contributed by atoms with E-state index in [0.717, 1.165) is 17.7 Å². The van der Waals surface area contributed by atoms with Gasteiger partial charge in [0.05, 0.1) is 26.1 Å². The van der Waals surface area contributed by atoms with Gasteiger partial charge in [-0.3, -0.25) is 13.8 Å². The van der Waals surface area contributed by atoms with Crippen molar-refractivity contribution in [2.24, 2.45) is 9.98 Å². The summed E-state index contributed by atoms with van der Waals surface area (Å²) in [5, 5.41) is -0.651. The second kappa shape index (κ2) is 13.3. The Hall–Kier alpha value is -5.52. The van der Waals surface area contributed by atoms with Crippen molar-refractivity contribution in [2.45, 2.75) is 31.4 Å². The zero-order valence-corrected chi connectivity index (χ0v) is 33.7. The number of hydrogen-bond acceptors (Lipinski definition) is 14. The molecule has 0 aromatic heterocycles. The number of fused-ring (bicyclic) bond motifs is 5. The van der Waals surface area contributed by atoms with Gasteiger partial charge in [0.2, 0.25) is 9.84 Å². The van der Waals surface area contributed by atoms with Gasteiger partial charge in [-0.2, -0.15) is 16.8 Å². The van der Waals surface area contributed by atoms with Crippen LogP contribution in [0.25, 0.3) is 10.8 Å². The molecule has 0 saturated heterocycles. The molecular weight excluding hydrogens is 882 g/mol. The first-order valence-corrected chi connectivity index (χ1v) is 22.7. The number of aryl methyl sites for hydroxylation is 1. The lowest BCUT2D eigenvalue weighted by Gasteiger charge is -2.23. The number of nitrogens with zero attached hydrogens (tertiary/aromatic N) is 2. The van der Waals surface area contributed by atoms with Crippen molar-refractivity contribution in [3.05, 3.63) is 105 Å². The summed E-state index contributed by atoms with van der Waals surface area (Å²) in [7, 11) is -19.0. The smallest absolute Gasteiger partial charge is 0.300 e. The fourth-order valence-corrected chi connectivity index (χ4v) is 10.8. The Kier molecular flexibility index (Phi) is 8.98. The van der Waals surface area contributed by atoms with E-state index in [-0.39, 0.29) is 43.3 Å². The molecule has 0 aliphatic carbocycles. The summed E-state index contributed by atoms with van der Waals surface area (Å²) in [6, 6.07) is 17.7. The topological polar surface area (TPSA) is 284 Å². The third kappa shape index (κ3) is 6.44. The van der Waals surface area contributed by atoms with Crippen molar-refractivity contribution < 1.29 is 52.3 Å². The highest BCUT2D eigenvalue weighted by atomic mass is 35.5. The normalized spacial score (nSPS) is 13.5. The summed E-state index contributed by atoms with van der Waals surface area (Å²) in [6.07, 6.45) is 0. The average molecular weight is 905 g/mol. The number of benzene rings is 6. The van der Waals surface area contributed by atoms with Crippen molar-refractivity contribution >= 4 is 103 Å². The molecule has 0 bridgehead atoms. The van der Waals surface area contributed by atoms with Crippen LogP contribution in [0.3, 0.4) is 0 Å².